The number of amidine groups is 1. The first-order chi connectivity index (χ1) is 9.89. The Morgan fingerprint density at radius 1 is 1.14 bits per heavy atom. The first-order valence-corrected chi connectivity index (χ1v) is 7.71. The minimum Gasteiger partial charge on any atom is -0.384 e. The van der Waals surface area contributed by atoms with E-state index >= 15 is 0 Å². The second-order valence-corrected chi connectivity index (χ2v) is 6.15. The third-order valence-electron chi connectivity index (χ3n) is 2.75. The van der Waals surface area contributed by atoms with Crippen molar-refractivity contribution in [2.24, 2.45) is 5.73 Å². The SMILES string of the molecule is N=C(N)c1c(F)cccc1NS(=O)(=O)Cc1ccccc1. The van der Waals surface area contributed by atoms with Gasteiger partial charge >= 0.3 is 0 Å². The molecule has 7 heteroatoms. The van der Waals surface area contributed by atoms with E-state index in [2.05, 4.69) is 4.72 Å². The van der Waals surface area contributed by atoms with Gasteiger partial charge in [0.05, 0.1) is 17.0 Å². The Hall–Kier alpha value is -2.41. The average Bonchev–Trinajstić information content (AvgIpc) is 2.38. The van der Waals surface area contributed by atoms with Crippen LogP contribution in [0, 0.1) is 11.2 Å². The molecule has 110 valence electrons. The Morgan fingerprint density at radius 2 is 1.81 bits per heavy atom. The molecular formula is C14H14FN3O2S. The van der Waals surface area contributed by atoms with Crippen molar-refractivity contribution in [1.29, 1.82) is 5.41 Å². The predicted octanol–water partition coefficient (Wildman–Crippen LogP) is 2.05. The number of sulfonamides is 1. The van der Waals surface area contributed by atoms with Crippen LogP contribution in [-0.4, -0.2) is 14.3 Å². The van der Waals surface area contributed by atoms with E-state index in [0.29, 0.717) is 5.56 Å². The van der Waals surface area contributed by atoms with E-state index < -0.39 is 21.7 Å². The number of benzene rings is 2. The van der Waals surface area contributed by atoms with Crippen LogP contribution < -0.4 is 10.5 Å². The molecule has 0 aliphatic heterocycles. The number of nitrogens with two attached hydrogens (primary N) is 1. The first kappa shape index (κ1) is 15.0. The number of hydrogen-bond donors (Lipinski definition) is 3. The largest absolute Gasteiger partial charge is 0.384 e. The fraction of sp³-hybridized carbons (Fsp3) is 0.0714. The summed E-state index contributed by atoms with van der Waals surface area (Å²) in [5, 5.41) is 7.35. The molecule has 0 amide bonds. The van der Waals surface area contributed by atoms with Gasteiger partial charge in [0.15, 0.2) is 0 Å². The van der Waals surface area contributed by atoms with Crippen molar-refractivity contribution in [2.75, 3.05) is 4.72 Å². The molecule has 0 aromatic heterocycles. The van der Waals surface area contributed by atoms with Crippen LogP contribution in [0.25, 0.3) is 0 Å². The Kier molecular flexibility index (Phi) is 4.23. The molecule has 0 fully saturated rings. The molecule has 21 heavy (non-hydrogen) atoms. The lowest BCUT2D eigenvalue weighted by Gasteiger charge is -2.12. The minimum atomic E-state index is -3.73. The second-order valence-electron chi connectivity index (χ2n) is 4.42. The summed E-state index contributed by atoms with van der Waals surface area (Å²) in [4.78, 5) is 0. The van der Waals surface area contributed by atoms with Gasteiger partial charge in [-0.2, -0.15) is 0 Å². The molecule has 0 radical (unpaired) electrons. The smallest absolute Gasteiger partial charge is 0.236 e. The third-order valence-corrected chi connectivity index (χ3v) is 3.99. The summed E-state index contributed by atoms with van der Waals surface area (Å²) >= 11 is 0. The zero-order chi connectivity index (χ0) is 15.5. The molecule has 0 spiro atoms. The summed E-state index contributed by atoms with van der Waals surface area (Å²) in [5.74, 6) is -1.53. The Balaban J connectivity index is 2.29. The van der Waals surface area contributed by atoms with Crippen LogP contribution in [0.2, 0.25) is 0 Å². The predicted molar refractivity (Wildman–Crippen MR) is 80.1 cm³/mol. The van der Waals surface area contributed by atoms with E-state index in [1.165, 1.54) is 12.1 Å². The molecule has 0 atom stereocenters. The van der Waals surface area contributed by atoms with Crippen LogP contribution in [0.15, 0.2) is 48.5 Å². The summed E-state index contributed by atoms with van der Waals surface area (Å²) in [6.45, 7) is 0. The standard InChI is InChI=1S/C14H14FN3O2S/c15-11-7-4-8-12(13(11)14(16)17)18-21(19,20)9-10-5-2-1-3-6-10/h1-8,18H,9H2,(H3,16,17). The van der Waals surface area contributed by atoms with Crippen molar-refractivity contribution in [3.8, 4) is 0 Å². The fourth-order valence-electron chi connectivity index (χ4n) is 1.88. The lowest BCUT2D eigenvalue weighted by atomic mass is 10.1. The topological polar surface area (TPSA) is 96.0 Å². The summed E-state index contributed by atoms with van der Waals surface area (Å²) in [6.07, 6.45) is 0. The molecule has 2 aromatic rings. The average molecular weight is 307 g/mol. The van der Waals surface area contributed by atoms with Crippen LogP contribution >= 0.6 is 0 Å². The Labute approximate surface area is 122 Å². The maximum Gasteiger partial charge on any atom is 0.236 e. The number of rotatable bonds is 5. The van der Waals surface area contributed by atoms with Crippen molar-refractivity contribution < 1.29 is 12.8 Å². The van der Waals surface area contributed by atoms with Crippen LogP contribution in [0.3, 0.4) is 0 Å². The van der Waals surface area contributed by atoms with E-state index in [4.69, 9.17) is 11.1 Å². The van der Waals surface area contributed by atoms with Gasteiger partial charge in [-0.05, 0) is 17.7 Å². The maximum absolute atomic E-state index is 13.6. The number of hydrogen-bond acceptors (Lipinski definition) is 3. The van der Waals surface area contributed by atoms with Crippen molar-refractivity contribution >= 4 is 21.5 Å². The number of nitrogen functional groups attached to an aromatic ring is 1. The molecule has 2 aromatic carbocycles. The van der Waals surface area contributed by atoms with E-state index in [0.717, 1.165) is 6.07 Å². The van der Waals surface area contributed by atoms with Crippen LogP contribution in [0.1, 0.15) is 11.1 Å². The van der Waals surface area contributed by atoms with Gasteiger partial charge in [0.2, 0.25) is 10.0 Å². The van der Waals surface area contributed by atoms with Gasteiger partial charge in [0, 0.05) is 0 Å². The van der Waals surface area contributed by atoms with Gasteiger partial charge in [0.25, 0.3) is 0 Å². The number of nitrogens with one attached hydrogen (secondary N) is 2. The van der Waals surface area contributed by atoms with Gasteiger partial charge in [0.1, 0.15) is 11.7 Å². The van der Waals surface area contributed by atoms with Crippen LogP contribution in [0.5, 0.6) is 0 Å². The summed E-state index contributed by atoms with van der Waals surface area (Å²) in [6, 6.07) is 12.4. The summed E-state index contributed by atoms with van der Waals surface area (Å²) in [7, 11) is -3.73. The quantitative estimate of drug-likeness (QED) is 0.582. The molecule has 0 bridgehead atoms. The zero-order valence-corrected chi connectivity index (χ0v) is 11.8. The molecule has 0 heterocycles. The van der Waals surface area contributed by atoms with Crippen molar-refractivity contribution in [3.63, 3.8) is 0 Å². The van der Waals surface area contributed by atoms with Gasteiger partial charge < -0.3 is 5.73 Å². The van der Waals surface area contributed by atoms with E-state index in [9.17, 15) is 12.8 Å². The Morgan fingerprint density at radius 3 is 2.43 bits per heavy atom. The van der Waals surface area contributed by atoms with Crippen molar-refractivity contribution in [2.45, 2.75) is 5.75 Å². The maximum atomic E-state index is 13.6. The van der Waals surface area contributed by atoms with Gasteiger partial charge in [-0.25, -0.2) is 12.8 Å². The van der Waals surface area contributed by atoms with E-state index in [-0.39, 0.29) is 17.0 Å². The highest BCUT2D eigenvalue weighted by atomic mass is 32.2. The highest BCUT2D eigenvalue weighted by Crippen LogP contribution is 2.20. The van der Waals surface area contributed by atoms with Gasteiger partial charge in [-0.1, -0.05) is 36.4 Å². The fourth-order valence-corrected chi connectivity index (χ4v) is 3.09. The third kappa shape index (κ3) is 3.79. The molecule has 5 nitrogen and oxygen atoms in total. The first-order valence-electron chi connectivity index (χ1n) is 6.06. The summed E-state index contributed by atoms with van der Waals surface area (Å²) in [5.41, 5.74) is 5.60. The van der Waals surface area contributed by atoms with Crippen LogP contribution in [-0.2, 0) is 15.8 Å². The number of halogens is 1. The van der Waals surface area contributed by atoms with Crippen molar-refractivity contribution in [3.05, 3.63) is 65.5 Å². The van der Waals surface area contributed by atoms with E-state index in [1.54, 1.807) is 30.3 Å². The van der Waals surface area contributed by atoms with Gasteiger partial charge in [-0.15, -0.1) is 0 Å². The van der Waals surface area contributed by atoms with Crippen molar-refractivity contribution in [1.82, 2.24) is 0 Å². The molecule has 2 rings (SSSR count). The Bertz CT molecular complexity index is 761. The highest BCUT2D eigenvalue weighted by Gasteiger charge is 2.17. The second kappa shape index (κ2) is 5.92. The van der Waals surface area contributed by atoms with Gasteiger partial charge in [-0.3, -0.25) is 10.1 Å². The minimum absolute atomic E-state index is 0.0431. The van der Waals surface area contributed by atoms with E-state index in [1.807, 2.05) is 0 Å². The molecule has 0 saturated carbocycles. The monoisotopic (exact) mass is 307 g/mol. The molecule has 0 saturated heterocycles. The molecule has 0 aliphatic rings. The lowest BCUT2D eigenvalue weighted by molar-refractivity contribution is 0.600. The molecule has 0 unspecified atom stereocenters. The number of anilines is 1. The molecule has 0 aliphatic carbocycles. The molecule has 4 N–H and O–H groups in total. The highest BCUT2D eigenvalue weighted by molar-refractivity contribution is 7.91. The normalized spacial score (nSPS) is 11.1. The lowest BCUT2D eigenvalue weighted by Crippen LogP contribution is -2.21. The zero-order valence-electron chi connectivity index (χ0n) is 11.0. The molecular weight excluding hydrogens is 293 g/mol. The van der Waals surface area contributed by atoms with Crippen LogP contribution in [0.4, 0.5) is 10.1 Å². The summed E-state index contributed by atoms with van der Waals surface area (Å²) < 4.78 is 40.1.